The monoisotopic (exact) mass is 1080 g/mol. The molecule has 8 heterocycles. The van der Waals surface area contributed by atoms with Crippen LogP contribution in [0, 0.1) is 27.7 Å². The molecule has 0 aliphatic heterocycles. The zero-order valence-electron chi connectivity index (χ0n) is 46.8. The van der Waals surface area contributed by atoms with Gasteiger partial charge in [-0.15, -0.1) is 0 Å². The first-order chi connectivity index (χ1) is 40.2. The van der Waals surface area contributed by atoms with E-state index in [-0.39, 0.29) is 0 Å². The maximum absolute atomic E-state index is 4.45. The van der Waals surface area contributed by atoms with Gasteiger partial charge in [0.05, 0.1) is 45.7 Å². The topological polar surface area (TPSA) is 214 Å². The van der Waals surface area contributed by atoms with Gasteiger partial charge in [0.25, 0.3) is 0 Å². The number of rotatable bonds is 8. The van der Waals surface area contributed by atoms with Crippen molar-refractivity contribution in [2.24, 2.45) is 0 Å². The van der Waals surface area contributed by atoms with Gasteiger partial charge in [-0.05, 0) is 161 Å². The number of hydrogen-bond acceptors (Lipinski definition) is 12. The molecule has 0 unspecified atom stereocenters. The molecule has 0 saturated heterocycles. The second-order valence-corrected chi connectivity index (χ2v) is 22.2. The van der Waals surface area contributed by atoms with Crippen molar-refractivity contribution >= 4 is 67.4 Å². The van der Waals surface area contributed by atoms with Crippen LogP contribution in [0.1, 0.15) is 130 Å². The smallest absolute Gasteiger partial charge is 0.143 e. The van der Waals surface area contributed by atoms with Crippen LogP contribution in [0.25, 0.3) is 44.1 Å². The third kappa shape index (κ3) is 11.0. The Morgan fingerprint density at radius 1 is 0.317 bits per heavy atom. The summed E-state index contributed by atoms with van der Waals surface area (Å²) in [5.41, 5.74) is 19.4. The molecule has 0 spiro atoms. The maximum atomic E-state index is 4.45. The van der Waals surface area contributed by atoms with E-state index < -0.39 is 0 Å². The lowest BCUT2D eigenvalue weighted by molar-refractivity contribution is 0.599. The molecule has 4 aromatic carbocycles. The molecule has 4 atom stereocenters. The number of fused-ring (bicyclic) bond motifs is 8. The number of nitrogens with one attached hydrogen (secondary N) is 8. The molecule has 0 radical (unpaired) electrons. The Morgan fingerprint density at radius 3 is 0.866 bits per heavy atom. The Bertz CT molecular complexity index is 3940. The second kappa shape index (κ2) is 23.0. The summed E-state index contributed by atoms with van der Waals surface area (Å²) in [5.74, 6) is 3.68. The van der Waals surface area contributed by atoms with Gasteiger partial charge in [-0.3, -0.25) is 0 Å². The fourth-order valence-electron chi connectivity index (χ4n) is 12.6. The summed E-state index contributed by atoms with van der Waals surface area (Å²) in [6.07, 6.45) is 18.0. The van der Waals surface area contributed by atoms with Crippen LogP contribution in [-0.4, -0.2) is 59.8 Å². The van der Waals surface area contributed by atoms with E-state index in [9.17, 15) is 0 Å². The first-order valence-corrected chi connectivity index (χ1v) is 28.8. The summed E-state index contributed by atoms with van der Waals surface area (Å²) in [6, 6.07) is 44.5. The van der Waals surface area contributed by atoms with Crippen molar-refractivity contribution in [2.75, 3.05) is 21.3 Å². The molecule has 0 bridgehead atoms. The normalized spacial score (nSPS) is 17.5. The van der Waals surface area contributed by atoms with Crippen molar-refractivity contribution < 1.29 is 0 Å². The third-order valence-electron chi connectivity index (χ3n) is 16.5. The molecule has 16 nitrogen and oxygen atoms in total. The van der Waals surface area contributed by atoms with Gasteiger partial charge in [-0.1, -0.05) is 97.1 Å². The number of hydrogen-bond donors (Lipinski definition) is 8. The Labute approximate surface area is 476 Å². The largest absolute Gasteiger partial charge is 0.363 e. The van der Waals surface area contributed by atoms with Crippen LogP contribution in [0.5, 0.6) is 0 Å². The molecule has 0 fully saturated rings. The van der Waals surface area contributed by atoms with Gasteiger partial charge >= 0.3 is 0 Å². The number of aromatic amines is 4. The molecule has 8 aromatic heterocycles. The van der Waals surface area contributed by atoms with Gasteiger partial charge in [0, 0.05) is 22.8 Å². The molecular weight excluding hydrogens is 1020 g/mol. The number of nitrogens with zero attached hydrogens (tertiary/aromatic N) is 8. The first-order valence-electron chi connectivity index (χ1n) is 28.8. The summed E-state index contributed by atoms with van der Waals surface area (Å²) in [5, 5.41) is 18.7. The molecule has 0 amide bonds. The number of anilines is 4. The van der Waals surface area contributed by atoms with Crippen LogP contribution in [0.2, 0.25) is 0 Å². The van der Waals surface area contributed by atoms with Gasteiger partial charge < -0.3 is 41.2 Å². The van der Waals surface area contributed by atoms with Gasteiger partial charge in [-0.25, -0.2) is 39.9 Å². The van der Waals surface area contributed by atoms with E-state index in [1.807, 2.05) is 27.7 Å². The maximum Gasteiger partial charge on any atom is 0.143 e. The SMILES string of the molecule is Cc1cc2c(N[C@@H]3CCCc4ccccc43)ncnc2[nH]1.Cc1cc2c(N[C@@H]3CCc4ccccc43)ncnc2[nH]1.Cc1cc2c(N[C@H]3CCCc4ccccc43)ncnc2[nH]1.Cc1cc2c(N[C@H]3CCc4ccccc43)ncnc2[nH]1. The number of H-pyrrole nitrogens is 4. The van der Waals surface area contributed by atoms with E-state index in [4.69, 9.17) is 0 Å². The highest BCUT2D eigenvalue weighted by atomic mass is 15.1. The van der Waals surface area contributed by atoms with Crippen LogP contribution in [-0.2, 0) is 25.7 Å². The van der Waals surface area contributed by atoms with E-state index in [1.54, 1.807) is 25.3 Å². The minimum atomic E-state index is 0.336. The second-order valence-electron chi connectivity index (χ2n) is 22.2. The van der Waals surface area contributed by atoms with E-state index in [1.165, 1.54) is 70.2 Å². The van der Waals surface area contributed by atoms with Crippen LogP contribution >= 0.6 is 0 Å². The lowest BCUT2D eigenvalue weighted by Gasteiger charge is -2.26. The summed E-state index contributed by atoms with van der Waals surface area (Å²) >= 11 is 0. The Balaban J connectivity index is 0.000000103. The highest BCUT2D eigenvalue weighted by Crippen LogP contribution is 2.38. The fraction of sp³-hybridized carbons (Fsp3) is 0.273. The van der Waals surface area contributed by atoms with Gasteiger partial charge in [0.1, 0.15) is 71.2 Å². The van der Waals surface area contributed by atoms with Gasteiger partial charge in [-0.2, -0.15) is 0 Å². The standard InChI is InChI=1S/2C17H18N4.2C16H16N4/c2*1-11-9-14-16(20-11)18-10-19-17(14)21-15-8-4-6-12-5-2-3-7-13(12)15;2*1-10-8-13-15(19-10)17-9-18-16(13)20-14-7-6-11-4-2-3-5-12(11)14/h2*2-3,5,7,9-10,15H,4,6,8H2,1H3,(H2,18,19,20,21);2*2-5,8-9,14H,6-7H2,1H3,(H2,17,18,19,20)/t2*15-;2*14-/m1010/s1. The van der Waals surface area contributed by atoms with Gasteiger partial charge in [0.2, 0.25) is 0 Å². The Hall–Kier alpha value is -9.44. The predicted octanol–water partition coefficient (Wildman–Crippen LogP) is 14.2. The van der Waals surface area contributed by atoms with Crippen LogP contribution < -0.4 is 21.3 Å². The quantitative estimate of drug-likeness (QED) is 0.0714. The molecular formula is C66H68N16. The average Bonchev–Trinajstić information content (AvgIpc) is 4.56. The van der Waals surface area contributed by atoms with Crippen molar-refractivity contribution in [3.63, 3.8) is 0 Å². The molecule has 12 aromatic rings. The zero-order valence-corrected chi connectivity index (χ0v) is 46.8. The molecule has 82 heavy (non-hydrogen) atoms. The summed E-state index contributed by atoms with van der Waals surface area (Å²) in [6.45, 7) is 8.16. The minimum Gasteiger partial charge on any atom is -0.363 e. The van der Waals surface area contributed by atoms with Crippen molar-refractivity contribution in [1.29, 1.82) is 0 Å². The lowest BCUT2D eigenvalue weighted by Crippen LogP contribution is -2.18. The van der Waals surface area contributed by atoms with E-state index in [0.717, 1.165) is 129 Å². The molecule has 4 aliphatic carbocycles. The number of benzene rings is 4. The molecule has 8 N–H and O–H groups in total. The van der Waals surface area contributed by atoms with Crippen LogP contribution in [0.3, 0.4) is 0 Å². The number of aryl methyl sites for hydroxylation is 8. The Morgan fingerprint density at radius 2 is 0.573 bits per heavy atom. The molecule has 16 heteroatoms. The van der Waals surface area contributed by atoms with Crippen LogP contribution in [0.4, 0.5) is 23.3 Å². The first kappa shape index (κ1) is 52.0. The highest BCUT2D eigenvalue weighted by molar-refractivity contribution is 5.90. The van der Waals surface area contributed by atoms with Crippen molar-refractivity contribution in [3.05, 3.63) is 214 Å². The van der Waals surface area contributed by atoms with E-state index in [2.05, 4.69) is 202 Å². The van der Waals surface area contributed by atoms with Crippen molar-refractivity contribution in [2.45, 2.75) is 116 Å². The van der Waals surface area contributed by atoms with E-state index in [0.29, 0.717) is 24.2 Å². The fourth-order valence-corrected chi connectivity index (χ4v) is 12.6. The van der Waals surface area contributed by atoms with E-state index >= 15 is 0 Å². The lowest BCUT2D eigenvalue weighted by atomic mass is 9.88. The zero-order chi connectivity index (χ0) is 55.5. The summed E-state index contributed by atoms with van der Waals surface area (Å²) in [7, 11) is 0. The van der Waals surface area contributed by atoms with Crippen LogP contribution in [0.15, 0.2) is 147 Å². The summed E-state index contributed by atoms with van der Waals surface area (Å²) < 4.78 is 0. The molecule has 412 valence electrons. The van der Waals surface area contributed by atoms with Crippen molar-refractivity contribution in [3.8, 4) is 0 Å². The number of aromatic nitrogens is 12. The molecule has 0 saturated carbocycles. The van der Waals surface area contributed by atoms with Gasteiger partial charge in [0.15, 0.2) is 0 Å². The highest BCUT2D eigenvalue weighted by Gasteiger charge is 2.26. The summed E-state index contributed by atoms with van der Waals surface area (Å²) in [4.78, 5) is 47.9. The third-order valence-corrected chi connectivity index (χ3v) is 16.5. The predicted molar refractivity (Wildman–Crippen MR) is 328 cm³/mol. The molecule has 4 aliphatic rings. The Kier molecular flexibility index (Phi) is 14.6. The van der Waals surface area contributed by atoms with Crippen molar-refractivity contribution in [1.82, 2.24) is 59.8 Å². The average molecular weight is 1090 g/mol. The minimum absolute atomic E-state index is 0.336. The molecule has 16 rings (SSSR count).